The number of carbonyl (C=O) groups is 2. The van der Waals surface area contributed by atoms with Crippen LogP contribution in [0.15, 0.2) is 18.2 Å². The minimum atomic E-state index is -4.01. The van der Waals surface area contributed by atoms with Gasteiger partial charge in [-0.1, -0.05) is 17.7 Å². The van der Waals surface area contributed by atoms with Crippen molar-refractivity contribution in [1.29, 1.82) is 0 Å². The molecule has 1 aromatic carbocycles. The fourth-order valence-electron chi connectivity index (χ4n) is 2.34. The Hall–Kier alpha value is -1.71. The van der Waals surface area contributed by atoms with Crippen molar-refractivity contribution in [2.75, 3.05) is 20.6 Å². The molecule has 0 spiro atoms. The fraction of sp³-hybridized carbons (Fsp3) is 0.429. The van der Waals surface area contributed by atoms with Crippen LogP contribution in [0.25, 0.3) is 0 Å². The van der Waals surface area contributed by atoms with Crippen molar-refractivity contribution in [3.63, 3.8) is 0 Å². The van der Waals surface area contributed by atoms with Crippen LogP contribution >= 0.6 is 11.6 Å². The average Bonchev–Trinajstić information content (AvgIpc) is 2.65. The van der Waals surface area contributed by atoms with Crippen LogP contribution in [0.1, 0.15) is 12.5 Å². The van der Waals surface area contributed by atoms with Crippen molar-refractivity contribution in [3.05, 3.63) is 34.6 Å². The summed E-state index contributed by atoms with van der Waals surface area (Å²) in [5.41, 5.74) is 0.139. The molecule has 1 fully saturated rings. The van der Waals surface area contributed by atoms with Crippen LogP contribution in [0.5, 0.6) is 0 Å². The van der Waals surface area contributed by atoms with Crippen LogP contribution in [0.4, 0.5) is 4.39 Å². The van der Waals surface area contributed by atoms with Crippen LogP contribution in [0.3, 0.4) is 0 Å². The molecule has 10 heteroatoms. The van der Waals surface area contributed by atoms with E-state index in [1.807, 2.05) is 0 Å². The number of amides is 2. The van der Waals surface area contributed by atoms with Crippen LogP contribution < -0.4 is 0 Å². The highest BCUT2D eigenvalue weighted by Gasteiger charge is 2.47. The van der Waals surface area contributed by atoms with Gasteiger partial charge >= 0.3 is 10.2 Å². The number of hydrogen-bond donors (Lipinski definition) is 0. The minimum Gasteiger partial charge on any atom is -0.340 e. The standard InChI is InChI=1S/C14H17ClFN3O4S/c1-9-14(21)18(3)24(22,23)19(9)8-13(20)17(2)7-10-11(15)5-4-6-12(10)16/h4-6,9H,7-8H2,1-3H3/t9-/m1/s1. The van der Waals surface area contributed by atoms with Crippen molar-refractivity contribution in [3.8, 4) is 0 Å². The lowest BCUT2D eigenvalue weighted by atomic mass is 10.2. The van der Waals surface area contributed by atoms with Gasteiger partial charge in [0.2, 0.25) is 5.91 Å². The molecule has 0 bridgehead atoms. The predicted molar refractivity (Wildman–Crippen MR) is 85.7 cm³/mol. The molecule has 24 heavy (non-hydrogen) atoms. The van der Waals surface area contributed by atoms with Crippen molar-refractivity contribution < 1.29 is 22.4 Å². The number of likely N-dealkylation sites (N-methyl/N-ethyl adjacent to an activating group) is 2. The van der Waals surface area contributed by atoms with E-state index in [1.54, 1.807) is 0 Å². The summed E-state index contributed by atoms with van der Waals surface area (Å²) in [7, 11) is -1.47. The summed E-state index contributed by atoms with van der Waals surface area (Å²) in [5.74, 6) is -1.74. The molecule has 1 aromatic rings. The Balaban J connectivity index is 2.14. The second kappa shape index (κ2) is 6.66. The highest BCUT2D eigenvalue weighted by atomic mass is 35.5. The summed E-state index contributed by atoms with van der Waals surface area (Å²) < 4.78 is 39.4. The molecular formula is C14H17ClFN3O4S. The number of benzene rings is 1. The van der Waals surface area contributed by atoms with Crippen LogP contribution in [-0.2, 0) is 26.3 Å². The topological polar surface area (TPSA) is 78.0 Å². The minimum absolute atomic E-state index is 0.115. The monoisotopic (exact) mass is 377 g/mol. The average molecular weight is 378 g/mol. The molecule has 0 saturated carbocycles. The van der Waals surface area contributed by atoms with Crippen molar-refractivity contribution in [2.24, 2.45) is 0 Å². The summed E-state index contributed by atoms with van der Waals surface area (Å²) in [6.07, 6.45) is 0. The smallest absolute Gasteiger partial charge is 0.307 e. The van der Waals surface area contributed by atoms with Crippen LogP contribution in [0.2, 0.25) is 5.02 Å². The fourth-order valence-corrected chi connectivity index (χ4v) is 4.02. The van der Waals surface area contributed by atoms with Crippen molar-refractivity contribution in [1.82, 2.24) is 13.5 Å². The zero-order valence-corrected chi connectivity index (χ0v) is 14.9. The summed E-state index contributed by atoms with van der Waals surface area (Å²) >= 11 is 5.92. The Morgan fingerprint density at radius 2 is 2.04 bits per heavy atom. The quantitative estimate of drug-likeness (QED) is 0.779. The lowest BCUT2D eigenvalue weighted by Gasteiger charge is -2.23. The van der Waals surface area contributed by atoms with Gasteiger partial charge in [0, 0.05) is 31.2 Å². The van der Waals surface area contributed by atoms with Gasteiger partial charge in [0.15, 0.2) is 0 Å². The van der Waals surface area contributed by atoms with Gasteiger partial charge in [-0.15, -0.1) is 0 Å². The molecule has 1 saturated heterocycles. The highest BCUT2D eigenvalue weighted by molar-refractivity contribution is 7.87. The van der Waals surface area contributed by atoms with E-state index in [0.717, 1.165) is 16.3 Å². The van der Waals surface area contributed by atoms with E-state index >= 15 is 0 Å². The maximum Gasteiger partial charge on any atom is 0.307 e. The van der Waals surface area contributed by atoms with Gasteiger partial charge in [0.05, 0.1) is 6.54 Å². The number of carbonyl (C=O) groups excluding carboxylic acids is 2. The Kier molecular flexibility index (Phi) is 5.17. The third-order valence-electron chi connectivity index (χ3n) is 3.92. The highest BCUT2D eigenvalue weighted by Crippen LogP contribution is 2.23. The Bertz CT molecular complexity index is 766. The molecule has 1 atom stereocenters. The lowest BCUT2D eigenvalue weighted by molar-refractivity contribution is -0.131. The van der Waals surface area contributed by atoms with Gasteiger partial charge in [0.1, 0.15) is 11.9 Å². The van der Waals surface area contributed by atoms with E-state index in [-0.39, 0.29) is 17.1 Å². The molecule has 0 radical (unpaired) electrons. The van der Waals surface area contributed by atoms with E-state index in [0.29, 0.717) is 4.31 Å². The molecule has 0 aliphatic carbocycles. The molecule has 1 aliphatic heterocycles. The van der Waals surface area contributed by atoms with E-state index in [4.69, 9.17) is 11.6 Å². The first-order valence-electron chi connectivity index (χ1n) is 7.03. The van der Waals surface area contributed by atoms with E-state index < -0.39 is 40.4 Å². The molecule has 7 nitrogen and oxygen atoms in total. The maximum absolute atomic E-state index is 13.8. The summed E-state index contributed by atoms with van der Waals surface area (Å²) in [6.45, 7) is 0.781. The first kappa shape index (κ1) is 18.6. The number of nitrogens with zero attached hydrogens (tertiary/aromatic N) is 3. The molecule has 0 unspecified atom stereocenters. The van der Waals surface area contributed by atoms with Gasteiger partial charge in [-0.25, -0.2) is 8.70 Å². The van der Waals surface area contributed by atoms with Gasteiger partial charge in [0.25, 0.3) is 5.91 Å². The van der Waals surface area contributed by atoms with Crippen LogP contribution in [0, 0.1) is 5.82 Å². The first-order chi connectivity index (χ1) is 11.1. The van der Waals surface area contributed by atoms with E-state index in [1.165, 1.54) is 32.2 Å². The van der Waals surface area contributed by atoms with Gasteiger partial charge in [-0.05, 0) is 19.1 Å². The maximum atomic E-state index is 13.8. The summed E-state index contributed by atoms with van der Waals surface area (Å²) in [6, 6.07) is 3.21. The third kappa shape index (κ3) is 3.24. The summed E-state index contributed by atoms with van der Waals surface area (Å²) in [4.78, 5) is 25.2. The van der Waals surface area contributed by atoms with Gasteiger partial charge in [-0.3, -0.25) is 9.59 Å². The van der Waals surface area contributed by atoms with Gasteiger partial charge in [-0.2, -0.15) is 12.7 Å². The normalized spacial score (nSPS) is 20.5. The number of halogens is 2. The predicted octanol–water partition coefficient (Wildman–Crippen LogP) is 0.845. The van der Waals surface area contributed by atoms with Crippen molar-refractivity contribution >= 4 is 33.6 Å². The van der Waals surface area contributed by atoms with Gasteiger partial charge < -0.3 is 4.90 Å². The molecule has 0 N–H and O–H groups in total. The molecule has 1 heterocycles. The Morgan fingerprint density at radius 3 is 2.54 bits per heavy atom. The molecule has 1 aliphatic rings. The molecule has 2 amide bonds. The lowest BCUT2D eigenvalue weighted by Crippen LogP contribution is -2.43. The molecule has 0 aromatic heterocycles. The first-order valence-corrected chi connectivity index (χ1v) is 8.81. The summed E-state index contributed by atoms with van der Waals surface area (Å²) in [5, 5.41) is 0.173. The second-order valence-corrected chi connectivity index (χ2v) is 7.80. The van der Waals surface area contributed by atoms with Crippen molar-refractivity contribution in [2.45, 2.75) is 19.5 Å². The second-order valence-electron chi connectivity index (χ2n) is 5.48. The number of rotatable bonds is 4. The largest absolute Gasteiger partial charge is 0.340 e. The zero-order valence-electron chi connectivity index (χ0n) is 13.4. The van der Waals surface area contributed by atoms with Crippen LogP contribution in [-0.4, -0.2) is 60.4 Å². The van der Waals surface area contributed by atoms with E-state index in [9.17, 15) is 22.4 Å². The Morgan fingerprint density at radius 1 is 1.42 bits per heavy atom. The molecule has 132 valence electrons. The SMILES string of the molecule is C[C@@H]1C(=O)N(C)S(=O)(=O)N1CC(=O)N(C)Cc1c(F)cccc1Cl. The molecular weight excluding hydrogens is 361 g/mol. The zero-order chi connectivity index (χ0) is 18.2. The van der Waals surface area contributed by atoms with E-state index in [2.05, 4.69) is 0 Å². The molecule has 2 rings (SSSR count). The third-order valence-corrected chi connectivity index (χ3v) is 6.18. The Labute approximate surface area is 144 Å². The number of hydrogen-bond acceptors (Lipinski definition) is 4.